The summed E-state index contributed by atoms with van der Waals surface area (Å²) in [4.78, 5) is 52.3. The molecule has 2 aromatic carbocycles. The number of likely N-dealkylation sites (tertiary alicyclic amines) is 4. The lowest BCUT2D eigenvalue weighted by atomic mass is 9.88. The van der Waals surface area contributed by atoms with Gasteiger partial charge in [-0.25, -0.2) is 19.9 Å². The van der Waals surface area contributed by atoms with Crippen LogP contribution < -0.4 is 11.1 Å². The zero-order chi connectivity index (χ0) is 59.8. The molecule has 85 heavy (non-hydrogen) atoms. The van der Waals surface area contributed by atoms with Crippen LogP contribution >= 0.6 is 11.6 Å². The maximum Gasteiger partial charge on any atom is 0.227 e. The summed E-state index contributed by atoms with van der Waals surface area (Å²) >= 11 is 5.97. The average Bonchev–Trinajstić information content (AvgIpc) is 3.88. The molecule has 6 aliphatic rings. The molecule has 456 valence electrons. The van der Waals surface area contributed by atoms with Crippen LogP contribution in [0.1, 0.15) is 165 Å². The molecule has 0 spiro atoms. The van der Waals surface area contributed by atoms with Crippen LogP contribution in [0.2, 0.25) is 5.28 Å². The van der Waals surface area contributed by atoms with E-state index in [1.54, 1.807) is 12.4 Å². The topological polar surface area (TPSA) is 191 Å². The number of nitrogens with zero attached hydrogens (tertiary/aromatic N) is 12. The number of aromatic nitrogens is 8. The lowest BCUT2D eigenvalue weighted by Crippen LogP contribution is -2.56. The predicted molar refractivity (Wildman–Crippen MR) is 336 cm³/mol. The first-order valence-corrected chi connectivity index (χ1v) is 31.6. The van der Waals surface area contributed by atoms with Gasteiger partial charge in [-0.05, 0) is 216 Å². The zero-order valence-corrected chi connectivity index (χ0v) is 52.3. The lowest BCUT2D eigenvalue weighted by Gasteiger charge is -2.42. The van der Waals surface area contributed by atoms with Gasteiger partial charge in [0.15, 0.2) is 0 Å². The number of benzene rings is 2. The number of carbonyl (C=O) groups is 2. The Hall–Kier alpha value is -6.31. The van der Waals surface area contributed by atoms with Gasteiger partial charge in [0, 0.05) is 74.9 Å². The largest absolute Gasteiger partial charge is 0.396 e. The number of hydrogen-bond acceptors (Lipinski definition) is 14. The number of anilines is 3. The van der Waals surface area contributed by atoms with Gasteiger partial charge in [0.25, 0.3) is 0 Å². The summed E-state index contributed by atoms with van der Waals surface area (Å²) in [5.41, 5.74) is 16.1. The minimum atomic E-state index is -0.173. The lowest BCUT2D eigenvalue weighted by molar-refractivity contribution is -0.158. The maximum absolute atomic E-state index is 13.1. The van der Waals surface area contributed by atoms with E-state index in [1.807, 2.05) is 45.2 Å². The average molecular weight is 1180 g/mol. The standard InChI is InChI=1S/C33H45N7O2.C24H30ClN3O2.C9H16N4/c1-33(2,3)42-28-21-39(22-28)31(41)18-24-8-6-5-7-23-17-25(9-10-29(23)24)30-11-14-34-32(37-30)36-26-19-35-40(20-26)27-12-15-38(4)16-13-27;1-24(2,3)30-19-14-28(15-19)22(29)13-17-7-5-4-6-16-12-18(8-9-20(16)17)21-10-11-26-23(25)27-21;1-12-4-2-9(3-5-12)13-7-8(10)6-11-13/h9-11,14,17,19-20,24,27-28H,5-8,12-13,15-16,18,21-22H2,1-4H3,(H,34,36,37);8-12,17,19H,4-7,13-15H2,1-3H3;6-7,9H,2-5,10H2,1H3. The van der Waals surface area contributed by atoms with Crippen molar-refractivity contribution in [2.24, 2.45) is 0 Å². The van der Waals surface area contributed by atoms with E-state index in [2.05, 4.69) is 143 Å². The van der Waals surface area contributed by atoms with Gasteiger partial charge in [0.05, 0.1) is 70.7 Å². The Balaban J connectivity index is 0.000000161. The normalized spacial score (nSPS) is 20.3. The van der Waals surface area contributed by atoms with Crippen LogP contribution in [0.3, 0.4) is 0 Å². The van der Waals surface area contributed by atoms with Crippen LogP contribution in [-0.2, 0) is 31.9 Å². The van der Waals surface area contributed by atoms with Gasteiger partial charge in [-0.2, -0.15) is 10.2 Å². The van der Waals surface area contributed by atoms with Gasteiger partial charge in [0.1, 0.15) is 0 Å². The van der Waals surface area contributed by atoms with Crippen molar-refractivity contribution in [3.8, 4) is 22.5 Å². The first-order valence-electron chi connectivity index (χ1n) is 31.2. The molecule has 2 amide bonds. The van der Waals surface area contributed by atoms with Crippen molar-refractivity contribution in [1.29, 1.82) is 0 Å². The smallest absolute Gasteiger partial charge is 0.227 e. The van der Waals surface area contributed by atoms with E-state index in [1.165, 1.54) is 35.1 Å². The molecule has 0 saturated carbocycles. The Morgan fingerprint density at radius 2 is 1.08 bits per heavy atom. The zero-order valence-electron chi connectivity index (χ0n) is 51.6. The minimum Gasteiger partial charge on any atom is -0.396 e. The summed E-state index contributed by atoms with van der Waals surface area (Å²) in [6.07, 6.45) is 25.9. The number of piperidine rings is 2. The molecule has 4 fully saturated rings. The van der Waals surface area contributed by atoms with Gasteiger partial charge in [-0.1, -0.05) is 37.1 Å². The third kappa shape index (κ3) is 17.0. The van der Waals surface area contributed by atoms with E-state index >= 15 is 0 Å². The number of halogens is 1. The van der Waals surface area contributed by atoms with Crippen molar-refractivity contribution in [3.63, 3.8) is 0 Å². The molecule has 3 N–H and O–H groups in total. The third-order valence-electron chi connectivity index (χ3n) is 17.4. The quantitative estimate of drug-likeness (QED) is 0.0869. The van der Waals surface area contributed by atoms with E-state index in [0.29, 0.717) is 57.1 Å². The first kappa shape index (κ1) is 61.8. The number of nitrogens with one attached hydrogen (secondary N) is 1. The van der Waals surface area contributed by atoms with Crippen LogP contribution in [0, 0.1) is 0 Å². The van der Waals surface area contributed by atoms with Crippen LogP contribution in [-0.4, -0.2) is 161 Å². The molecule has 2 unspecified atom stereocenters. The minimum absolute atomic E-state index is 0.153. The number of hydrogen-bond donors (Lipinski definition) is 2. The summed E-state index contributed by atoms with van der Waals surface area (Å²) in [6.45, 7) is 19.7. The molecule has 4 aromatic heterocycles. The highest BCUT2D eigenvalue weighted by Gasteiger charge is 2.37. The highest BCUT2D eigenvalue weighted by Crippen LogP contribution is 2.39. The van der Waals surface area contributed by atoms with Crippen LogP contribution in [0.15, 0.2) is 85.7 Å². The molecule has 19 heteroatoms. The number of carbonyl (C=O) groups excluding carboxylic acids is 2. The van der Waals surface area contributed by atoms with Crippen molar-refractivity contribution in [1.82, 2.24) is 59.1 Å². The number of ether oxygens (including phenoxy) is 2. The molecule has 0 radical (unpaired) electrons. The van der Waals surface area contributed by atoms with Gasteiger partial charge in [-0.3, -0.25) is 19.0 Å². The second-order valence-corrected chi connectivity index (χ2v) is 26.9. The van der Waals surface area contributed by atoms with Crippen LogP contribution in [0.25, 0.3) is 22.5 Å². The number of amides is 2. The first-order chi connectivity index (χ1) is 40.7. The van der Waals surface area contributed by atoms with E-state index in [9.17, 15) is 9.59 Å². The number of fused-ring (bicyclic) bond motifs is 2. The Morgan fingerprint density at radius 3 is 1.55 bits per heavy atom. The van der Waals surface area contributed by atoms with Crippen molar-refractivity contribution in [2.45, 2.75) is 179 Å². The van der Waals surface area contributed by atoms with Gasteiger partial charge < -0.3 is 40.1 Å². The summed E-state index contributed by atoms with van der Waals surface area (Å²) in [5, 5.41) is 12.5. The summed E-state index contributed by atoms with van der Waals surface area (Å²) in [7, 11) is 4.33. The fourth-order valence-electron chi connectivity index (χ4n) is 12.9. The molecule has 4 saturated heterocycles. The summed E-state index contributed by atoms with van der Waals surface area (Å²) in [5.74, 6) is 1.60. The molecule has 12 rings (SSSR count). The molecule has 0 bridgehead atoms. The van der Waals surface area contributed by atoms with Gasteiger partial charge in [-0.15, -0.1) is 0 Å². The van der Waals surface area contributed by atoms with Crippen molar-refractivity contribution < 1.29 is 19.1 Å². The van der Waals surface area contributed by atoms with Crippen molar-refractivity contribution in [3.05, 3.63) is 113 Å². The predicted octanol–water partition coefficient (Wildman–Crippen LogP) is 11.3. The molecular formula is C66H91ClN14O4. The second-order valence-electron chi connectivity index (χ2n) is 26.6. The molecule has 4 aliphatic heterocycles. The van der Waals surface area contributed by atoms with Crippen LogP contribution in [0.4, 0.5) is 17.3 Å². The van der Waals surface area contributed by atoms with E-state index in [4.69, 9.17) is 31.8 Å². The summed E-state index contributed by atoms with van der Waals surface area (Å²) < 4.78 is 16.1. The number of rotatable bonds is 12. The Morgan fingerprint density at radius 1 is 0.612 bits per heavy atom. The SMILES string of the molecule is CC(C)(C)OC1CN(C(=O)CC2CCCCc3cc(-c4ccnc(Cl)n4)ccc32)C1.CN1CCC(n2cc(N)cn2)CC1.CN1CCC(n2cc(Nc3nccc(-c4ccc5c(c4)CCCCC5CC(=O)N4CC(OC(C)(C)C)C4)n3)cn2)CC1. The van der Waals surface area contributed by atoms with Gasteiger partial charge >= 0.3 is 0 Å². The molecule has 2 aliphatic carbocycles. The molecule has 18 nitrogen and oxygen atoms in total. The Bertz CT molecular complexity index is 3180. The maximum atomic E-state index is 13.1. The fraction of sp³-hybridized carbons (Fsp3) is 0.576. The number of nitrogen functional groups attached to an aromatic ring is 1. The highest BCUT2D eigenvalue weighted by atomic mass is 35.5. The van der Waals surface area contributed by atoms with Crippen LogP contribution in [0.5, 0.6) is 0 Å². The van der Waals surface area contributed by atoms with Gasteiger partial charge in [0.2, 0.25) is 23.0 Å². The van der Waals surface area contributed by atoms with E-state index in [-0.39, 0.29) is 52.3 Å². The molecular weight excluding hydrogens is 1090 g/mol. The highest BCUT2D eigenvalue weighted by molar-refractivity contribution is 6.28. The molecule has 8 heterocycles. The van der Waals surface area contributed by atoms with E-state index in [0.717, 1.165) is 124 Å². The number of aryl methyl sites for hydroxylation is 2. The Kier molecular flexibility index (Phi) is 20.0. The molecule has 2 atom stereocenters. The fourth-order valence-corrected chi connectivity index (χ4v) is 13.0. The van der Waals surface area contributed by atoms with Crippen molar-refractivity contribution in [2.75, 3.05) is 77.5 Å². The third-order valence-corrected chi connectivity index (χ3v) is 17.6. The monoisotopic (exact) mass is 1180 g/mol. The summed E-state index contributed by atoms with van der Waals surface area (Å²) in [6, 6.07) is 18.0. The Labute approximate surface area is 508 Å². The second kappa shape index (κ2) is 27.6. The van der Waals surface area contributed by atoms with Crippen molar-refractivity contribution >= 4 is 40.7 Å². The number of nitrogens with two attached hydrogens (primary N) is 1. The van der Waals surface area contributed by atoms with E-state index < -0.39 is 0 Å². The molecule has 6 aromatic rings.